The van der Waals surface area contributed by atoms with Crippen LogP contribution < -0.4 is 11.1 Å². The highest BCUT2D eigenvalue weighted by atomic mass is 15.3. The minimum atomic E-state index is 0.511. The first kappa shape index (κ1) is 14.2. The van der Waals surface area contributed by atoms with Crippen molar-refractivity contribution >= 4 is 11.5 Å². The minimum Gasteiger partial charge on any atom is -0.394 e. The van der Waals surface area contributed by atoms with Crippen LogP contribution in [0.15, 0.2) is 0 Å². The van der Waals surface area contributed by atoms with Crippen molar-refractivity contribution in [1.29, 1.82) is 0 Å². The Bertz CT molecular complexity index is 422. The number of nitrogens with one attached hydrogen (secondary N) is 1. The zero-order chi connectivity index (χ0) is 14.0. The van der Waals surface area contributed by atoms with E-state index in [9.17, 15) is 0 Å². The van der Waals surface area contributed by atoms with E-state index >= 15 is 0 Å². The van der Waals surface area contributed by atoms with Gasteiger partial charge in [-0.25, -0.2) is 0 Å². The Morgan fingerprint density at radius 2 is 2.21 bits per heavy atom. The van der Waals surface area contributed by atoms with Crippen LogP contribution in [0.2, 0.25) is 0 Å². The summed E-state index contributed by atoms with van der Waals surface area (Å²) >= 11 is 0. The molecule has 1 saturated carbocycles. The molecule has 1 aromatic rings. The molecule has 0 bridgehead atoms. The van der Waals surface area contributed by atoms with E-state index in [2.05, 4.69) is 36.2 Å². The molecule has 0 amide bonds. The van der Waals surface area contributed by atoms with E-state index in [1.54, 1.807) is 0 Å². The molecule has 1 heterocycles. The Morgan fingerprint density at radius 1 is 1.53 bits per heavy atom. The van der Waals surface area contributed by atoms with E-state index in [0.717, 1.165) is 42.6 Å². The number of hydrogen-bond acceptors (Lipinski definition) is 4. The van der Waals surface area contributed by atoms with Crippen LogP contribution in [-0.4, -0.2) is 40.4 Å². The second kappa shape index (κ2) is 5.82. The summed E-state index contributed by atoms with van der Waals surface area (Å²) in [7, 11) is 4.16. The first-order chi connectivity index (χ1) is 9.04. The number of rotatable bonds is 7. The van der Waals surface area contributed by atoms with E-state index in [-0.39, 0.29) is 0 Å². The van der Waals surface area contributed by atoms with Crippen molar-refractivity contribution < 1.29 is 0 Å². The van der Waals surface area contributed by atoms with Crippen LogP contribution in [0.5, 0.6) is 0 Å². The molecule has 1 aliphatic rings. The lowest BCUT2D eigenvalue weighted by Gasteiger charge is -2.25. The molecule has 19 heavy (non-hydrogen) atoms. The van der Waals surface area contributed by atoms with Crippen LogP contribution in [0.25, 0.3) is 0 Å². The van der Waals surface area contributed by atoms with Crippen molar-refractivity contribution in [1.82, 2.24) is 14.7 Å². The Balaban J connectivity index is 1.94. The molecular formula is C14H27N5. The number of nitrogens with zero attached hydrogens (tertiary/aromatic N) is 3. The average Bonchev–Trinajstić information content (AvgIpc) is 3.17. The van der Waals surface area contributed by atoms with Gasteiger partial charge in [-0.2, -0.15) is 5.10 Å². The molecule has 0 aromatic carbocycles. The van der Waals surface area contributed by atoms with Gasteiger partial charge < -0.3 is 11.1 Å². The van der Waals surface area contributed by atoms with Gasteiger partial charge in [0.05, 0.1) is 11.4 Å². The molecule has 0 saturated heterocycles. The summed E-state index contributed by atoms with van der Waals surface area (Å²) in [6.07, 6.45) is 4.70. The fraction of sp³-hybridized carbons (Fsp3) is 0.786. The fourth-order valence-electron chi connectivity index (χ4n) is 2.46. The molecule has 0 spiro atoms. The van der Waals surface area contributed by atoms with E-state index in [1.165, 1.54) is 12.8 Å². The molecule has 5 heteroatoms. The average molecular weight is 265 g/mol. The molecule has 108 valence electrons. The third-order valence-corrected chi connectivity index (χ3v) is 4.03. The Hall–Kier alpha value is -1.23. The summed E-state index contributed by atoms with van der Waals surface area (Å²) in [6, 6.07) is 1.30. The van der Waals surface area contributed by atoms with E-state index in [4.69, 9.17) is 5.73 Å². The third kappa shape index (κ3) is 3.21. The molecule has 1 aromatic heterocycles. The second-order valence-electron chi connectivity index (χ2n) is 5.71. The minimum absolute atomic E-state index is 0.511. The molecule has 2 rings (SSSR count). The molecule has 3 N–H and O–H groups in total. The van der Waals surface area contributed by atoms with Gasteiger partial charge in [0, 0.05) is 25.7 Å². The highest BCUT2D eigenvalue weighted by molar-refractivity contribution is 5.65. The monoisotopic (exact) mass is 265 g/mol. The first-order valence-electron chi connectivity index (χ1n) is 7.31. The Kier molecular flexibility index (Phi) is 4.34. The number of aryl methyl sites for hydroxylation is 2. The van der Waals surface area contributed by atoms with Crippen molar-refractivity contribution in [3.05, 3.63) is 5.69 Å². The van der Waals surface area contributed by atoms with Gasteiger partial charge in [-0.15, -0.1) is 0 Å². The number of nitrogens with two attached hydrogens (primary N) is 1. The summed E-state index contributed by atoms with van der Waals surface area (Å²) < 4.78 is 1.87. The lowest BCUT2D eigenvalue weighted by atomic mass is 10.2. The lowest BCUT2D eigenvalue weighted by Crippen LogP contribution is -2.36. The van der Waals surface area contributed by atoms with Gasteiger partial charge in [-0.1, -0.05) is 13.3 Å². The number of hydrogen-bond donors (Lipinski definition) is 2. The number of anilines is 2. The van der Waals surface area contributed by atoms with Crippen LogP contribution >= 0.6 is 0 Å². The predicted molar refractivity (Wildman–Crippen MR) is 80.4 cm³/mol. The molecule has 0 radical (unpaired) electrons. The summed E-state index contributed by atoms with van der Waals surface area (Å²) in [6.45, 7) is 5.31. The van der Waals surface area contributed by atoms with Gasteiger partial charge in [0.25, 0.3) is 0 Å². The standard InChI is InChI=1S/C14H27N5/c1-5-6-12-13(15)14(19(4)17-12)16-9-10(2)18(3)11-7-8-11/h10-11,16H,5-9,15H2,1-4H3. The van der Waals surface area contributed by atoms with Crippen LogP contribution in [0.1, 0.15) is 38.8 Å². The lowest BCUT2D eigenvalue weighted by molar-refractivity contribution is 0.257. The van der Waals surface area contributed by atoms with Crippen molar-refractivity contribution in [2.24, 2.45) is 7.05 Å². The quantitative estimate of drug-likeness (QED) is 0.790. The first-order valence-corrected chi connectivity index (χ1v) is 7.31. The molecule has 1 aliphatic carbocycles. The van der Waals surface area contributed by atoms with Gasteiger partial charge in [-0.3, -0.25) is 9.58 Å². The van der Waals surface area contributed by atoms with Crippen LogP contribution in [0, 0.1) is 0 Å². The maximum Gasteiger partial charge on any atom is 0.147 e. The Labute approximate surface area is 116 Å². The zero-order valence-electron chi connectivity index (χ0n) is 12.6. The highest BCUT2D eigenvalue weighted by Crippen LogP contribution is 2.27. The van der Waals surface area contributed by atoms with Gasteiger partial charge >= 0.3 is 0 Å². The van der Waals surface area contributed by atoms with Gasteiger partial charge in [0.1, 0.15) is 5.82 Å². The maximum atomic E-state index is 6.17. The second-order valence-corrected chi connectivity index (χ2v) is 5.71. The molecule has 1 atom stereocenters. The topological polar surface area (TPSA) is 59.1 Å². The predicted octanol–water partition coefficient (Wildman–Crippen LogP) is 1.85. The van der Waals surface area contributed by atoms with Crippen LogP contribution in [0.4, 0.5) is 11.5 Å². The van der Waals surface area contributed by atoms with Gasteiger partial charge in [-0.05, 0) is 33.2 Å². The van der Waals surface area contributed by atoms with Gasteiger partial charge in [0.15, 0.2) is 0 Å². The largest absolute Gasteiger partial charge is 0.394 e. The van der Waals surface area contributed by atoms with Crippen LogP contribution in [0.3, 0.4) is 0 Å². The van der Waals surface area contributed by atoms with Crippen LogP contribution in [-0.2, 0) is 13.5 Å². The summed E-state index contributed by atoms with van der Waals surface area (Å²) in [4.78, 5) is 2.45. The molecule has 1 fully saturated rings. The number of nitrogen functional groups attached to an aromatic ring is 1. The van der Waals surface area contributed by atoms with Crippen molar-refractivity contribution in [3.8, 4) is 0 Å². The van der Waals surface area contributed by atoms with E-state index in [1.807, 2.05) is 11.7 Å². The molecule has 1 unspecified atom stereocenters. The highest BCUT2D eigenvalue weighted by Gasteiger charge is 2.29. The summed E-state index contributed by atoms with van der Waals surface area (Å²) in [5.74, 6) is 0.958. The molecular weight excluding hydrogens is 238 g/mol. The van der Waals surface area contributed by atoms with Crippen molar-refractivity contribution in [2.75, 3.05) is 24.6 Å². The Morgan fingerprint density at radius 3 is 2.79 bits per heavy atom. The van der Waals surface area contributed by atoms with E-state index < -0.39 is 0 Å². The van der Waals surface area contributed by atoms with Crippen molar-refractivity contribution in [2.45, 2.75) is 51.6 Å². The maximum absolute atomic E-state index is 6.17. The molecule has 0 aliphatic heterocycles. The smallest absolute Gasteiger partial charge is 0.147 e. The normalized spacial score (nSPS) is 16.9. The molecule has 5 nitrogen and oxygen atoms in total. The van der Waals surface area contributed by atoms with E-state index in [0.29, 0.717) is 6.04 Å². The van der Waals surface area contributed by atoms with Gasteiger partial charge in [0.2, 0.25) is 0 Å². The zero-order valence-corrected chi connectivity index (χ0v) is 12.6. The summed E-state index contributed by atoms with van der Waals surface area (Å²) in [5.41, 5.74) is 7.99. The number of aromatic nitrogens is 2. The number of likely N-dealkylation sites (N-methyl/N-ethyl adjacent to an activating group) is 1. The third-order valence-electron chi connectivity index (χ3n) is 4.03. The summed E-state index contributed by atoms with van der Waals surface area (Å²) in [5, 5.41) is 7.94. The fourth-order valence-corrected chi connectivity index (χ4v) is 2.46. The van der Waals surface area contributed by atoms with Crippen molar-refractivity contribution in [3.63, 3.8) is 0 Å². The SMILES string of the molecule is CCCc1nn(C)c(NCC(C)N(C)C2CC2)c1N.